The van der Waals surface area contributed by atoms with Crippen LogP contribution in [0.15, 0.2) is 42.5 Å². The predicted molar refractivity (Wildman–Crippen MR) is 66.3 cm³/mol. The van der Waals surface area contributed by atoms with Crippen molar-refractivity contribution in [1.29, 1.82) is 5.26 Å². The fourth-order valence-corrected chi connectivity index (χ4v) is 1.91. The lowest BCUT2D eigenvalue weighted by atomic mass is 9.96. The monoisotopic (exact) mass is 241 g/mol. The molecule has 0 aliphatic heterocycles. The minimum atomic E-state index is -0.410. The van der Waals surface area contributed by atoms with Gasteiger partial charge in [-0.1, -0.05) is 36.4 Å². The van der Waals surface area contributed by atoms with E-state index in [1.54, 1.807) is 0 Å². The second-order valence-corrected chi connectivity index (χ2v) is 3.99. The first-order valence-corrected chi connectivity index (χ1v) is 5.61. The van der Waals surface area contributed by atoms with Crippen molar-refractivity contribution >= 4 is 0 Å². The van der Waals surface area contributed by atoms with Gasteiger partial charge in [0.2, 0.25) is 0 Å². The number of hydrogen-bond donors (Lipinski definition) is 1. The van der Waals surface area contributed by atoms with Crippen molar-refractivity contribution in [2.24, 2.45) is 0 Å². The molecule has 18 heavy (non-hydrogen) atoms. The molecule has 0 saturated carbocycles. The highest BCUT2D eigenvalue weighted by Crippen LogP contribution is 2.21. The van der Waals surface area contributed by atoms with Gasteiger partial charge in [-0.3, -0.25) is 0 Å². The number of hydrogen-bond acceptors (Lipinski definition) is 2. The molecular weight excluding hydrogens is 229 g/mol. The second-order valence-electron chi connectivity index (χ2n) is 3.99. The predicted octanol–water partition coefficient (Wildman–Crippen LogP) is 2.78. The van der Waals surface area contributed by atoms with E-state index in [4.69, 9.17) is 10.4 Å². The van der Waals surface area contributed by atoms with Crippen molar-refractivity contribution in [3.8, 4) is 6.07 Å². The first kappa shape index (κ1) is 12.3. The Morgan fingerprint density at radius 1 is 1.11 bits per heavy atom. The van der Waals surface area contributed by atoms with Gasteiger partial charge in [0.05, 0.1) is 18.2 Å². The summed E-state index contributed by atoms with van der Waals surface area (Å²) in [6, 6.07) is 14.1. The third-order valence-corrected chi connectivity index (χ3v) is 2.85. The first-order valence-electron chi connectivity index (χ1n) is 5.61. The van der Waals surface area contributed by atoms with Crippen LogP contribution in [-0.4, -0.2) is 5.11 Å². The van der Waals surface area contributed by atoms with Crippen LogP contribution >= 0.6 is 0 Å². The van der Waals surface area contributed by atoms with Crippen molar-refractivity contribution in [2.45, 2.75) is 13.0 Å². The number of benzene rings is 2. The molecule has 0 atom stereocenters. The van der Waals surface area contributed by atoms with Gasteiger partial charge >= 0.3 is 0 Å². The van der Waals surface area contributed by atoms with E-state index in [1.807, 2.05) is 36.4 Å². The summed E-state index contributed by atoms with van der Waals surface area (Å²) in [4.78, 5) is 0. The van der Waals surface area contributed by atoms with E-state index in [-0.39, 0.29) is 12.2 Å². The van der Waals surface area contributed by atoms with Crippen LogP contribution in [0.25, 0.3) is 0 Å². The molecule has 1 N–H and O–H groups in total. The van der Waals surface area contributed by atoms with Gasteiger partial charge in [-0.25, -0.2) is 4.39 Å². The van der Waals surface area contributed by atoms with Gasteiger partial charge in [0.1, 0.15) is 5.82 Å². The average molecular weight is 241 g/mol. The fourth-order valence-electron chi connectivity index (χ4n) is 1.91. The largest absolute Gasteiger partial charge is 0.392 e. The molecule has 0 radical (unpaired) electrons. The molecule has 0 spiro atoms. The normalized spacial score (nSPS) is 10.1. The van der Waals surface area contributed by atoms with Gasteiger partial charge in [-0.05, 0) is 17.2 Å². The smallest absolute Gasteiger partial charge is 0.128 e. The first-order chi connectivity index (χ1) is 8.76. The van der Waals surface area contributed by atoms with E-state index < -0.39 is 5.82 Å². The minimum absolute atomic E-state index is 0.237. The molecule has 2 aromatic carbocycles. The fraction of sp³-hybridized carbons (Fsp3) is 0.133. The molecule has 0 saturated heterocycles. The maximum Gasteiger partial charge on any atom is 0.128 e. The summed E-state index contributed by atoms with van der Waals surface area (Å²) in [6.07, 6.45) is 0.351. The maximum atomic E-state index is 13.8. The maximum absolute atomic E-state index is 13.8. The van der Waals surface area contributed by atoms with Gasteiger partial charge in [0.25, 0.3) is 0 Å². The molecule has 0 heterocycles. The average Bonchev–Trinajstić information content (AvgIpc) is 2.42. The number of rotatable bonds is 3. The summed E-state index contributed by atoms with van der Waals surface area (Å²) in [6.45, 7) is -0.259. The molecule has 0 aliphatic rings. The van der Waals surface area contributed by atoms with Gasteiger partial charge < -0.3 is 5.11 Å². The van der Waals surface area contributed by atoms with Crippen molar-refractivity contribution in [3.05, 3.63) is 70.5 Å². The van der Waals surface area contributed by atoms with Gasteiger partial charge in [0, 0.05) is 12.0 Å². The highest BCUT2D eigenvalue weighted by atomic mass is 19.1. The molecule has 2 rings (SSSR count). The molecule has 0 aromatic heterocycles. The molecule has 0 amide bonds. The molecule has 0 unspecified atom stereocenters. The quantitative estimate of drug-likeness (QED) is 0.898. The Labute approximate surface area is 105 Å². The van der Waals surface area contributed by atoms with Crippen molar-refractivity contribution < 1.29 is 9.50 Å². The van der Waals surface area contributed by atoms with Gasteiger partial charge in [-0.2, -0.15) is 5.26 Å². The van der Waals surface area contributed by atoms with E-state index in [0.29, 0.717) is 17.5 Å². The number of nitriles is 1. The standard InChI is InChI=1S/C15H12FNO/c16-15-7-6-12(10-18)14(9-17)13(15)8-11-4-2-1-3-5-11/h1-7,18H,8,10H2. The Bertz CT molecular complexity index is 587. The van der Waals surface area contributed by atoms with E-state index in [2.05, 4.69) is 0 Å². The van der Waals surface area contributed by atoms with Crippen molar-refractivity contribution in [1.82, 2.24) is 0 Å². The third-order valence-electron chi connectivity index (χ3n) is 2.85. The molecule has 2 nitrogen and oxygen atoms in total. The van der Waals surface area contributed by atoms with E-state index >= 15 is 0 Å². The lowest BCUT2D eigenvalue weighted by Crippen LogP contribution is -2.01. The van der Waals surface area contributed by atoms with Crippen LogP contribution in [0.1, 0.15) is 22.3 Å². The zero-order valence-corrected chi connectivity index (χ0v) is 9.73. The molecule has 3 heteroatoms. The number of halogens is 1. The molecule has 0 fully saturated rings. The summed E-state index contributed by atoms with van der Waals surface area (Å²) in [5.41, 5.74) is 1.98. The van der Waals surface area contributed by atoms with Gasteiger partial charge in [-0.15, -0.1) is 0 Å². The number of nitrogens with zero attached hydrogens (tertiary/aromatic N) is 1. The van der Waals surface area contributed by atoms with Gasteiger partial charge in [0.15, 0.2) is 0 Å². The summed E-state index contributed by atoms with van der Waals surface area (Å²) in [7, 11) is 0. The lowest BCUT2D eigenvalue weighted by Gasteiger charge is -2.09. The second kappa shape index (κ2) is 5.44. The Kier molecular flexibility index (Phi) is 3.71. The van der Waals surface area contributed by atoms with Crippen molar-refractivity contribution in [3.63, 3.8) is 0 Å². The van der Waals surface area contributed by atoms with Crippen LogP contribution in [0.5, 0.6) is 0 Å². The Morgan fingerprint density at radius 2 is 1.83 bits per heavy atom. The van der Waals surface area contributed by atoms with E-state index in [1.165, 1.54) is 12.1 Å². The summed E-state index contributed by atoms with van der Waals surface area (Å²) in [5, 5.41) is 18.3. The molecule has 0 aliphatic carbocycles. The molecule has 2 aromatic rings. The van der Waals surface area contributed by atoms with Crippen LogP contribution < -0.4 is 0 Å². The zero-order chi connectivity index (χ0) is 13.0. The highest BCUT2D eigenvalue weighted by Gasteiger charge is 2.13. The lowest BCUT2D eigenvalue weighted by molar-refractivity contribution is 0.281. The summed E-state index contributed by atoms with van der Waals surface area (Å²) >= 11 is 0. The van der Waals surface area contributed by atoms with E-state index in [9.17, 15) is 4.39 Å². The van der Waals surface area contributed by atoms with Crippen LogP contribution in [0, 0.1) is 17.1 Å². The topological polar surface area (TPSA) is 44.0 Å². The summed E-state index contributed by atoms with van der Waals surface area (Å²) < 4.78 is 13.8. The Morgan fingerprint density at radius 3 is 2.44 bits per heavy atom. The van der Waals surface area contributed by atoms with Crippen molar-refractivity contribution in [2.75, 3.05) is 0 Å². The molecule has 90 valence electrons. The summed E-state index contributed by atoms with van der Waals surface area (Å²) in [5.74, 6) is -0.410. The highest BCUT2D eigenvalue weighted by molar-refractivity contribution is 5.46. The molecule has 0 bridgehead atoms. The van der Waals surface area contributed by atoms with Crippen LogP contribution in [0.4, 0.5) is 4.39 Å². The Hall–Kier alpha value is -2.18. The SMILES string of the molecule is N#Cc1c(CO)ccc(F)c1Cc1ccccc1. The zero-order valence-electron chi connectivity index (χ0n) is 9.73. The number of aliphatic hydroxyl groups is 1. The Balaban J connectivity index is 2.47. The van der Waals surface area contributed by atoms with E-state index in [0.717, 1.165) is 5.56 Å². The number of aliphatic hydroxyl groups excluding tert-OH is 1. The minimum Gasteiger partial charge on any atom is -0.392 e. The van der Waals surface area contributed by atoms with Crippen LogP contribution in [0.2, 0.25) is 0 Å². The van der Waals surface area contributed by atoms with Crippen LogP contribution in [-0.2, 0) is 13.0 Å². The van der Waals surface area contributed by atoms with Crippen LogP contribution in [0.3, 0.4) is 0 Å². The third kappa shape index (κ3) is 2.39. The molecular formula is C15H12FNO.